The highest BCUT2D eigenvalue weighted by atomic mass is 19.1. The lowest BCUT2D eigenvalue weighted by molar-refractivity contribution is 0.0443. The molecule has 0 unspecified atom stereocenters. The molecule has 1 aliphatic heterocycles. The van der Waals surface area contributed by atoms with Crippen LogP contribution in [0.5, 0.6) is 0 Å². The van der Waals surface area contributed by atoms with Crippen LogP contribution in [0.4, 0.5) is 9.18 Å². The number of rotatable bonds is 1. The van der Waals surface area contributed by atoms with Crippen LogP contribution in [-0.2, 0) is 9.47 Å². The Labute approximate surface area is 86.1 Å². The van der Waals surface area contributed by atoms with Crippen molar-refractivity contribution in [3.05, 3.63) is 41.2 Å². The van der Waals surface area contributed by atoms with Crippen LogP contribution in [0.15, 0.2) is 29.8 Å². The Balaban J connectivity index is 2.09. The molecule has 2 rings (SSSR count). The van der Waals surface area contributed by atoms with Gasteiger partial charge in [-0.25, -0.2) is 9.18 Å². The first-order chi connectivity index (χ1) is 7.24. The highest BCUT2D eigenvalue weighted by Gasteiger charge is 2.13. The Kier molecular flexibility index (Phi) is 2.67. The molecule has 1 heterocycles. The first kappa shape index (κ1) is 9.71. The van der Waals surface area contributed by atoms with E-state index in [2.05, 4.69) is 9.47 Å². The highest BCUT2D eigenvalue weighted by molar-refractivity contribution is 5.63. The van der Waals surface area contributed by atoms with Crippen molar-refractivity contribution in [2.45, 2.75) is 0 Å². The van der Waals surface area contributed by atoms with Crippen LogP contribution in [0.25, 0.3) is 6.08 Å². The van der Waals surface area contributed by atoms with Crippen LogP contribution < -0.4 is 0 Å². The van der Waals surface area contributed by atoms with Gasteiger partial charge in [-0.1, -0.05) is 12.1 Å². The molecule has 0 amide bonds. The van der Waals surface area contributed by atoms with Gasteiger partial charge in [0.05, 0.1) is 0 Å². The molecule has 3 nitrogen and oxygen atoms in total. The van der Waals surface area contributed by atoms with E-state index in [4.69, 9.17) is 0 Å². The number of carbonyl (C=O) groups is 1. The molecule has 0 aliphatic carbocycles. The van der Waals surface area contributed by atoms with E-state index in [0.717, 1.165) is 11.1 Å². The van der Waals surface area contributed by atoms with E-state index in [0.29, 0.717) is 0 Å². The third-order valence-corrected chi connectivity index (χ3v) is 1.99. The van der Waals surface area contributed by atoms with Gasteiger partial charge >= 0.3 is 6.16 Å². The highest BCUT2D eigenvalue weighted by Crippen LogP contribution is 2.12. The average molecular weight is 208 g/mol. The molecule has 1 fully saturated rings. The molecule has 0 bridgehead atoms. The minimum Gasteiger partial charge on any atom is -0.430 e. The van der Waals surface area contributed by atoms with Crippen molar-refractivity contribution in [3.63, 3.8) is 0 Å². The van der Waals surface area contributed by atoms with Crippen LogP contribution >= 0.6 is 0 Å². The molecule has 1 saturated heterocycles. The third kappa shape index (κ3) is 2.56. The number of carbonyl (C=O) groups excluding carboxylic acids is 1. The lowest BCUT2D eigenvalue weighted by Crippen LogP contribution is -2.19. The smallest absolute Gasteiger partial charge is 0.430 e. The van der Waals surface area contributed by atoms with Gasteiger partial charge in [-0.15, -0.1) is 0 Å². The SMILES string of the molecule is O=C1OCC(=Cc2ccc(F)cc2)CO1. The van der Waals surface area contributed by atoms with Crippen molar-refractivity contribution < 1.29 is 18.7 Å². The molecule has 0 radical (unpaired) electrons. The molecule has 4 heteroatoms. The van der Waals surface area contributed by atoms with E-state index in [1.165, 1.54) is 12.1 Å². The zero-order valence-corrected chi connectivity index (χ0v) is 7.90. The Bertz CT molecular complexity index is 383. The van der Waals surface area contributed by atoms with E-state index >= 15 is 0 Å². The fraction of sp³-hybridized carbons (Fsp3) is 0.182. The number of ether oxygens (including phenoxy) is 2. The second-order valence-corrected chi connectivity index (χ2v) is 3.18. The topological polar surface area (TPSA) is 35.5 Å². The van der Waals surface area contributed by atoms with Gasteiger partial charge in [0, 0.05) is 5.57 Å². The van der Waals surface area contributed by atoms with E-state index in [1.54, 1.807) is 12.1 Å². The quantitative estimate of drug-likeness (QED) is 0.664. The predicted molar refractivity (Wildman–Crippen MR) is 51.7 cm³/mol. The average Bonchev–Trinajstić information content (AvgIpc) is 2.25. The van der Waals surface area contributed by atoms with Crippen molar-refractivity contribution >= 4 is 12.2 Å². The summed E-state index contributed by atoms with van der Waals surface area (Å²) in [4.78, 5) is 10.6. The summed E-state index contributed by atoms with van der Waals surface area (Å²) >= 11 is 0. The molecule has 0 N–H and O–H groups in total. The standard InChI is InChI=1S/C11H9FO3/c12-10-3-1-8(2-4-10)5-9-6-14-11(13)15-7-9/h1-5H,6-7H2. The maximum Gasteiger partial charge on any atom is 0.508 e. The molecule has 0 spiro atoms. The summed E-state index contributed by atoms with van der Waals surface area (Å²) in [6, 6.07) is 6.06. The second-order valence-electron chi connectivity index (χ2n) is 3.18. The summed E-state index contributed by atoms with van der Waals surface area (Å²) < 4.78 is 22.0. The molecular weight excluding hydrogens is 199 g/mol. The van der Waals surface area contributed by atoms with Gasteiger partial charge in [0.1, 0.15) is 19.0 Å². The van der Waals surface area contributed by atoms with Gasteiger partial charge in [-0.2, -0.15) is 0 Å². The van der Waals surface area contributed by atoms with E-state index in [9.17, 15) is 9.18 Å². The zero-order valence-electron chi connectivity index (χ0n) is 7.90. The molecule has 78 valence electrons. The predicted octanol–water partition coefficient (Wildman–Crippen LogP) is 2.38. The van der Waals surface area contributed by atoms with Crippen LogP contribution in [-0.4, -0.2) is 19.4 Å². The molecule has 15 heavy (non-hydrogen) atoms. The fourth-order valence-electron chi connectivity index (χ4n) is 1.26. The first-order valence-corrected chi connectivity index (χ1v) is 4.48. The molecular formula is C11H9FO3. The van der Waals surface area contributed by atoms with Crippen molar-refractivity contribution in [2.75, 3.05) is 13.2 Å². The van der Waals surface area contributed by atoms with Crippen molar-refractivity contribution in [1.29, 1.82) is 0 Å². The van der Waals surface area contributed by atoms with Gasteiger partial charge in [-0.3, -0.25) is 0 Å². The fourth-order valence-corrected chi connectivity index (χ4v) is 1.26. The van der Waals surface area contributed by atoms with Crippen molar-refractivity contribution in [3.8, 4) is 0 Å². The Hall–Kier alpha value is -1.84. The number of halogens is 1. The Morgan fingerprint density at radius 3 is 2.33 bits per heavy atom. The summed E-state index contributed by atoms with van der Waals surface area (Å²) in [5, 5.41) is 0. The lowest BCUT2D eigenvalue weighted by atomic mass is 10.1. The Morgan fingerprint density at radius 1 is 1.13 bits per heavy atom. The maximum atomic E-state index is 12.6. The largest absolute Gasteiger partial charge is 0.508 e. The van der Waals surface area contributed by atoms with Gasteiger partial charge in [0.25, 0.3) is 0 Å². The van der Waals surface area contributed by atoms with Crippen molar-refractivity contribution in [2.24, 2.45) is 0 Å². The first-order valence-electron chi connectivity index (χ1n) is 4.48. The zero-order chi connectivity index (χ0) is 10.7. The van der Waals surface area contributed by atoms with Crippen LogP contribution in [0.3, 0.4) is 0 Å². The minimum atomic E-state index is -0.647. The molecule has 1 aliphatic rings. The second kappa shape index (κ2) is 4.13. The maximum absolute atomic E-state index is 12.6. The number of cyclic esters (lactones) is 2. The summed E-state index contributed by atoms with van der Waals surface area (Å²) in [6.07, 6.45) is 1.16. The molecule has 0 atom stereocenters. The molecule has 1 aromatic carbocycles. The number of hydrogen-bond acceptors (Lipinski definition) is 3. The van der Waals surface area contributed by atoms with Crippen LogP contribution in [0, 0.1) is 5.82 Å². The summed E-state index contributed by atoms with van der Waals surface area (Å²) in [6.45, 7) is 0.465. The normalized spacial score (nSPS) is 15.5. The summed E-state index contributed by atoms with van der Waals surface area (Å²) in [7, 11) is 0. The third-order valence-electron chi connectivity index (χ3n) is 1.99. The van der Waals surface area contributed by atoms with E-state index in [-0.39, 0.29) is 19.0 Å². The van der Waals surface area contributed by atoms with Crippen molar-refractivity contribution in [1.82, 2.24) is 0 Å². The Morgan fingerprint density at radius 2 is 1.73 bits per heavy atom. The van der Waals surface area contributed by atoms with Gasteiger partial charge in [0.15, 0.2) is 0 Å². The van der Waals surface area contributed by atoms with Gasteiger partial charge in [0.2, 0.25) is 0 Å². The van der Waals surface area contributed by atoms with Crippen LogP contribution in [0.1, 0.15) is 5.56 Å². The van der Waals surface area contributed by atoms with E-state index < -0.39 is 6.16 Å². The molecule has 0 saturated carbocycles. The minimum absolute atomic E-state index is 0.232. The van der Waals surface area contributed by atoms with Gasteiger partial charge < -0.3 is 9.47 Å². The van der Waals surface area contributed by atoms with E-state index in [1.807, 2.05) is 6.08 Å². The lowest BCUT2D eigenvalue weighted by Gasteiger charge is -2.14. The number of benzene rings is 1. The monoisotopic (exact) mass is 208 g/mol. The van der Waals surface area contributed by atoms with Crippen LogP contribution in [0.2, 0.25) is 0 Å². The molecule has 0 aromatic heterocycles. The summed E-state index contributed by atoms with van der Waals surface area (Å²) in [5.41, 5.74) is 1.70. The molecule has 1 aromatic rings. The van der Waals surface area contributed by atoms with Gasteiger partial charge in [-0.05, 0) is 23.8 Å². The number of hydrogen-bond donors (Lipinski definition) is 0. The summed E-state index contributed by atoms with van der Waals surface area (Å²) in [5.74, 6) is -0.275.